The summed E-state index contributed by atoms with van der Waals surface area (Å²) < 4.78 is 72.8. The van der Waals surface area contributed by atoms with E-state index in [0.717, 1.165) is 0 Å². The van der Waals surface area contributed by atoms with Gasteiger partial charge in [-0.25, -0.2) is 13.2 Å². The topological polar surface area (TPSA) is 0 Å². The molecule has 0 heterocycles. The molecule has 1 aromatic carbocycles. The van der Waals surface area contributed by atoms with Gasteiger partial charge in [-0.15, -0.1) is 0 Å². The maximum absolute atomic E-state index is 12.4. The van der Waals surface area contributed by atoms with Crippen LogP contribution in [0.3, 0.4) is 0 Å². The second-order valence-electron chi connectivity index (χ2n) is 2.53. The molecular formula is C8H4F6. The van der Waals surface area contributed by atoms with Crippen molar-refractivity contribution in [1.29, 1.82) is 0 Å². The van der Waals surface area contributed by atoms with Crippen molar-refractivity contribution in [1.82, 2.24) is 0 Å². The predicted molar refractivity (Wildman–Crippen MR) is 36.4 cm³/mol. The van der Waals surface area contributed by atoms with Gasteiger partial charge in [-0.05, 0) is 18.2 Å². The Morgan fingerprint density at radius 1 is 1.07 bits per heavy atom. The molecule has 0 atom stereocenters. The highest BCUT2D eigenvalue weighted by Crippen LogP contribution is 2.36. The van der Waals surface area contributed by atoms with Crippen molar-refractivity contribution < 1.29 is 26.3 Å². The van der Waals surface area contributed by atoms with E-state index in [1.807, 2.05) is 0 Å². The average Bonchev–Trinajstić information content (AvgIpc) is 2.01. The quantitative estimate of drug-likeness (QED) is 0.624. The summed E-state index contributed by atoms with van der Waals surface area (Å²) in [5.41, 5.74) is -2.84. The summed E-state index contributed by atoms with van der Waals surface area (Å²) in [6.07, 6.45) is -8.24. The average molecular weight is 214 g/mol. The van der Waals surface area contributed by atoms with Crippen LogP contribution in [0.4, 0.5) is 26.3 Å². The van der Waals surface area contributed by atoms with Gasteiger partial charge in [0.2, 0.25) is 0 Å². The van der Waals surface area contributed by atoms with Crippen LogP contribution in [0.1, 0.15) is 17.6 Å². The van der Waals surface area contributed by atoms with Crippen LogP contribution in [-0.4, -0.2) is 0 Å². The normalized spacial score (nSPS) is 12.2. The van der Waals surface area contributed by atoms with Crippen molar-refractivity contribution in [2.45, 2.75) is 12.6 Å². The van der Waals surface area contributed by atoms with Crippen LogP contribution in [0.2, 0.25) is 0 Å². The van der Waals surface area contributed by atoms with Crippen LogP contribution in [0.5, 0.6) is 0 Å². The molecule has 1 rings (SSSR count). The van der Waals surface area contributed by atoms with E-state index in [4.69, 9.17) is 0 Å². The molecule has 0 radical (unpaired) electrons. The molecule has 0 saturated heterocycles. The monoisotopic (exact) mass is 214 g/mol. The first-order valence-electron chi connectivity index (χ1n) is 3.47. The van der Waals surface area contributed by atoms with Gasteiger partial charge in [-0.3, -0.25) is 0 Å². The maximum atomic E-state index is 12.4. The van der Waals surface area contributed by atoms with Crippen molar-refractivity contribution in [3.05, 3.63) is 35.1 Å². The molecule has 0 amide bonds. The Bertz CT molecular complexity index is 327. The molecule has 0 bridgehead atoms. The van der Waals surface area contributed by atoms with E-state index in [1.165, 1.54) is 0 Å². The second kappa shape index (κ2) is 3.51. The molecule has 0 nitrogen and oxygen atoms in total. The van der Waals surface area contributed by atoms with E-state index < -0.39 is 29.5 Å². The van der Waals surface area contributed by atoms with Gasteiger partial charge in [0, 0.05) is 5.56 Å². The minimum Gasteiger partial charge on any atom is -0.207 e. The standard InChI is InChI=1S/C8H4F6/c9-4-1-2-5(7(10)11)6(3-4)8(12,13)14/h1-3,7H. The van der Waals surface area contributed by atoms with Crippen molar-refractivity contribution in [3.8, 4) is 0 Å². The van der Waals surface area contributed by atoms with E-state index in [1.54, 1.807) is 0 Å². The van der Waals surface area contributed by atoms with Crippen LogP contribution in [0, 0.1) is 5.82 Å². The molecule has 78 valence electrons. The van der Waals surface area contributed by atoms with Crippen LogP contribution < -0.4 is 0 Å². The number of halogens is 6. The fourth-order valence-corrected chi connectivity index (χ4v) is 0.964. The van der Waals surface area contributed by atoms with Crippen molar-refractivity contribution in [2.75, 3.05) is 0 Å². The molecule has 0 aromatic heterocycles. The molecule has 0 aliphatic carbocycles. The zero-order valence-electron chi connectivity index (χ0n) is 6.58. The third kappa shape index (κ3) is 2.18. The molecule has 0 fully saturated rings. The van der Waals surface area contributed by atoms with Crippen LogP contribution in [-0.2, 0) is 6.18 Å². The van der Waals surface area contributed by atoms with Crippen LogP contribution in [0.15, 0.2) is 18.2 Å². The zero-order valence-corrected chi connectivity index (χ0v) is 6.58. The Labute approximate surface area is 75.2 Å². The molecule has 0 spiro atoms. The number of rotatable bonds is 1. The maximum Gasteiger partial charge on any atom is 0.416 e. The summed E-state index contributed by atoms with van der Waals surface area (Å²) in [6, 6.07) is 1.06. The highest BCUT2D eigenvalue weighted by atomic mass is 19.4. The minimum absolute atomic E-state index is 0.0570. The summed E-state index contributed by atoms with van der Waals surface area (Å²) >= 11 is 0. The Balaban J connectivity index is 3.30. The first-order chi connectivity index (χ1) is 6.32. The van der Waals surface area contributed by atoms with Crippen LogP contribution >= 0.6 is 0 Å². The highest BCUT2D eigenvalue weighted by Gasteiger charge is 2.35. The summed E-state index contributed by atoms with van der Waals surface area (Å²) in [5.74, 6) is -1.19. The van der Waals surface area contributed by atoms with Gasteiger partial charge >= 0.3 is 6.18 Å². The summed E-state index contributed by atoms with van der Waals surface area (Å²) in [7, 11) is 0. The third-order valence-electron chi connectivity index (χ3n) is 1.56. The smallest absolute Gasteiger partial charge is 0.207 e. The van der Waals surface area contributed by atoms with E-state index in [-0.39, 0.29) is 6.07 Å². The van der Waals surface area contributed by atoms with Gasteiger partial charge in [0.05, 0.1) is 5.56 Å². The Kier molecular flexibility index (Phi) is 2.73. The van der Waals surface area contributed by atoms with Gasteiger partial charge in [-0.2, -0.15) is 13.2 Å². The van der Waals surface area contributed by atoms with Crippen molar-refractivity contribution in [3.63, 3.8) is 0 Å². The molecular weight excluding hydrogens is 210 g/mol. The van der Waals surface area contributed by atoms with Crippen molar-refractivity contribution >= 4 is 0 Å². The lowest BCUT2D eigenvalue weighted by molar-refractivity contribution is -0.139. The van der Waals surface area contributed by atoms with E-state index in [9.17, 15) is 26.3 Å². The minimum atomic E-state index is -4.96. The second-order valence-corrected chi connectivity index (χ2v) is 2.53. The molecule has 0 aliphatic heterocycles. The Morgan fingerprint density at radius 3 is 2.07 bits per heavy atom. The SMILES string of the molecule is Fc1ccc(C(F)F)c(C(F)(F)F)c1. The molecule has 6 heteroatoms. The largest absolute Gasteiger partial charge is 0.416 e. The molecule has 14 heavy (non-hydrogen) atoms. The number of hydrogen-bond donors (Lipinski definition) is 0. The van der Waals surface area contributed by atoms with Gasteiger partial charge in [0.25, 0.3) is 6.43 Å². The molecule has 0 N–H and O–H groups in total. The first kappa shape index (κ1) is 10.9. The lowest BCUT2D eigenvalue weighted by Crippen LogP contribution is -2.10. The zero-order chi connectivity index (χ0) is 10.9. The first-order valence-corrected chi connectivity index (χ1v) is 3.47. The highest BCUT2D eigenvalue weighted by molar-refractivity contribution is 5.31. The lowest BCUT2D eigenvalue weighted by atomic mass is 10.1. The van der Waals surface area contributed by atoms with Crippen molar-refractivity contribution in [2.24, 2.45) is 0 Å². The lowest BCUT2D eigenvalue weighted by Gasteiger charge is -2.11. The van der Waals surface area contributed by atoms with E-state index in [2.05, 4.69) is 0 Å². The van der Waals surface area contributed by atoms with E-state index >= 15 is 0 Å². The van der Waals surface area contributed by atoms with Gasteiger partial charge < -0.3 is 0 Å². The molecule has 0 saturated carbocycles. The fraction of sp³-hybridized carbons (Fsp3) is 0.250. The molecule has 1 aromatic rings. The van der Waals surface area contributed by atoms with Gasteiger partial charge in [0.1, 0.15) is 5.82 Å². The summed E-state index contributed by atoms with van der Waals surface area (Å²) in [4.78, 5) is 0. The number of hydrogen-bond acceptors (Lipinski definition) is 0. The van der Waals surface area contributed by atoms with Crippen LogP contribution in [0.25, 0.3) is 0 Å². The number of alkyl halides is 5. The van der Waals surface area contributed by atoms with E-state index in [0.29, 0.717) is 12.1 Å². The predicted octanol–water partition coefficient (Wildman–Crippen LogP) is 3.78. The fourth-order valence-electron chi connectivity index (χ4n) is 0.964. The summed E-state index contributed by atoms with van der Waals surface area (Å²) in [5, 5.41) is 0. The Morgan fingerprint density at radius 2 is 1.64 bits per heavy atom. The van der Waals surface area contributed by atoms with Gasteiger partial charge in [0.15, 0.2) is 0 Å². The summed E-state index contributed by atoms with van der Waals surface area (Å²) in [6.45, 7) is 0. The number of benzene rings is 1. The molecule has 0 unspecified atom stereocenters. The third-order valence-corrected chi connectivity index (χ3v) is 1.56. The van der Waals surface area contributed by atoms with Gasteiger partial charge in [-0.1, -0.05) is 0 Å². The molecule has 0 aliphatic rings. The Hall–Kier alpha value is -1.20.